The maximum absolute atomic E-state index is 13.7. The van der Waals surface area contributed by atoms with Gasteiger partial charge >= 0.3 is 0 Å². The number of nitrogens with zero attached hydrogens (tertiary/aromatic N) is 3. The molecule has 4 rings (SSSR count). The number of para-hydroxylation sites is 1. The van der Waals surface area contributed by atoms with E-state index in [4.69, 9.17) is 0 Å². The summed E-state index contributed by atoms with van der Waals surface area (Å²) in [7, 11) is 5.98. The third-order valence-electron chi connectivity index (χ3n) is 5.54. The summed E-state index contributed by atoms with van der Waals surface area (Å²) >= 11 is 0. The van der Waals surface area contributed by atoms with Crippen LogP contribution >= 0.6 is 0 Å². The van der Waals surface area contributed by atoms with Crippen molar-refractivity contribution in [3.05, 3.63) is 118 Å². The molecule has 0 radical (unpaired) electrons. The molecule has 1 aliphatic rings. The molecule has 1 aliphatic carbocycles. The van der Waals surface area contributed by atoms with Gasteiger partial charge in [0, 0.05) is 30.5 Å². The lowest BCUT2D eigenvalue weighted by atomic mass is 9.91. The van der Waals surface area contributed by atoms with Crippen LogP contribution in [0.3, 0.4) is 0 Å². The zero-order valence-corrected chi connectivity index (χ0v) is 19.0. The molecular weight excluding hydrogens is 406 g/mol. The molecule has 0 atom stereocenters. The van der Waals surface area contributed by atoms with Gasteiger partial charge in [-0.1, -0.05) is 48.5 Å². The van der Waals surface area contributed by atoms with Crippen molar-refractivity contribution in [3.8, 4) is 5.69 Å². The van der Waals surface area contributed by atoms with Gasteiger partial charge in [0.25, 0.3) is 5.56 Å². The third kappa shape index (κ3) is 4.12. The number of aromatic nitrogens is 2. The molecule has 3 aromatic rings. The number of hydrogen-bond donors (Lipinski definition) is 0. The fourth-order valence-electron chi connectivity index (χ4n) is 3.84. The summed E-state index contributed by atoms with van der Waals surface area (Å²) in [6.45, 7) is 2.01. The van der Waals surface area contributed by atoms with Crippen molar-refractivity contribution in [3.63, 3.8) is 0 Å². The van der Waals surface area contributed by atoms with Crippen molar-refractivity contribution >= 4 is 11.3 Å². The van der Waals surface area contributed by atoms with Gasteiger partial charge in [0.15, 0.2) is 5.71 Å². The van der Waals surface area contributed by atoms with Crippen molar-refractivity contribution in [2.75, 3.05) is 14.1 Å². The Labute approximate surface area is 189 Å². The fourth-order valence-corrected chi connectivity index (χ4v) is 3.84. The molecule has 0 amide bonds. The molecule has 0 N–H and O–H groups in total. The van der Waals surface area contributed by atoms with E-state index >= 15 is 0 Å². The second-order valence-electron chi connectivity index (χ2n) is 7.62. The van der Waals surface area contributed by atoms with Gasteiger partial charge in [-0.05, 0) is 42.3 Å². The van der Waals surface area contributed by atoms with E-state index in [-0.39, 0.29) is 18.0 Å². The number of benzene rings is 2. The first-order valence-corrected chi connectivity index (χ1v) is 10.0. The van der Waals surface area contributed by atoms with Crippen molar-refractivity contribution < 1.29 is 17.0 Å². The summed E-state index contributed by atoms with van der Waals surface area (Å²) in [5, 5.41) is 0. The maximum atomic E-state index is 13.7. The van der Waals surface area contributed by atoms with Gasteiger partial charge in [0.1, 0.15) is 14.1 Å². The number of hydrogen-bond acceptors (Lipinski definition) is 1. The van der Waals surface area contributed by atoms with Crippen LogP contribution in [0.5, 0.6) is 0 Å². The minimum atomic E-state index is -0.0169. The molecule has 0 saturated heterocycles. The Morgan fingerprint density at radius 3 is 1.94 bits per heavy atom. The lowest BCUT2D eigenvalue weighted by molar-refractivity contribution is -0.462. The van der Waals surface area contributed by atoms with Gasteiger partial charge in [0.2, 0.25) is 0 Å². The summed E-state index contributed by atoms with van der Waals surface area (Å²) in [5.74, 6) is 0. The summed E-state index contributed by atoms with van der Waals surface area (Å²) < 4.78 is 5.74. The molecule has 1 aromatic heterocycles. The second kappa shape index (κ2) is 9.19. The topological polar surface area (TPSA) is 29.9 Å². The normalized spacial score (nSPS) is 12.6. The van der Waals surface area contributed by atoms with E-state index in [1.807, 2.05) is 81.3 Å². The van der Waals surface area contributed by atoms with Gasteiger partial charge in [-0.2, -0.15) is 0 Å². The first-order valence-electron chi connectivity index (χ1n) is 10.0. The highest BCUT2D eigenvalue weighted by molar-refractivity contribution is 6.04. The Balaban J connectivity index is 0.00000272. The average Bonchev–Trinajstić information content (AvgIpc) is 2.99. The Morgan fingerprint density at radius 1 is 0.839 bits per heavy atom. The fraction of sp³-hybridized carbons (Fsp3) is 0.154. The first-order chi connectivity index (χ1) is 14.5. The summed E-state index contributed by atoms with van der Waals surface area (Å²) in [6.07, 6.45) is 8.37. The Bertz CT molecular complexity index is 1250. The quantitative estimate of drug-likeness (QED) is 0.572. The number of allylic oxidation sites excluding steroid dienone is 5. The molecule has 0 spiro atoms. The summed E-state index contributed by atoms with van der Waals surface area (Å²) in [5.41, 5.74) is 6.63. The molecule has 0 aliphatic heterocycles. The van der Waals surface area contributed by atoms with Crippen LogP contribution in [0.25, 0.3) is 11.3 Å². The zero-order valence-electron chi connectivity index (χ0n) is 18.2. The van der Waals surface area contributed by atoms with Crippen molar-refractivity contribution in [1.29, 1.82) is 0 Å². The van der Waals surface area contributed by atoms with Gasteiger partial charge in [-0.3, -0.25) is 9.48 Å². The van der Waals surface area contributed by atoms with E-state index < -0.39 is 0 Å². The van der Waals surface area contributed by atoms with Crippen LogP contribution in [0, 0.1) is 6.92 Å². The minimum Gasteiger partial charge on any atom is -1.00 e. The molecule has 2 aromatic carbocycles. The molecule has 1 heterocycles. The van der Waals surface area contributed by atoms with Crippen molar-refractivity contribution in [2.45, 2.75) is 6.92 Å². The van der Waals surface area contributed by atoms with Gasteiger partial charge in [0.05, 0.1) is 11.3 Å². The largest absolute Gasteiger partial charge is 1.00 e. The van der Waals surface area contributed by atoms with Crippen LogP contribution in [-0.2, 0) is 7.05 Å². The molecule has 0 unspecified atom stereocenters. The first kappa shape index (κ1) is 22.3. The monoisotopic (exact) mass is 431 g/mol. The molecule has 158 valence electrons. The summed E-state index contributed by atoms with van der Waals surface area (Å²) in [6, 6.07) is 19.9. The van der Waals surface area contributed by atoms with E-state index in [1.165, 1.54) is 0 Å². The number of rotatable bonds is 3. The third-order valence-corrected chi connectivity index (χ3v) is 5.54. The SMILES string of the molecule is Cc1c(C(=C2C=CC(=[N+](C)C)C=C2)c2ccccc2)c(=O)n(-c2ccccc2)n1C.[Cl-]. The minimum absolute atomic E-state index is 0. The maximum Gasteiger partial charge on any atom is 0.279 e. The van der Waals surface area contributed by atoms with Crippen LogP contribution in [0.1, 0.15) is 16.8 Å². The van der Waals surface area contributed by atoms with Crippen LogP contribution in [0.2, 0.25) is 0 Å². The van der Waals surface area contributed by atoms with Gasteiger partial charge in [-0.15, -0.1) is 0 Å². The van der Waals surface area contributed by atoms with Crippen molar-refractivity contribution in [1.82, 2.24) is 9.36 Å². The average molecular weight is 432 g/mol. The van der Waals surface area contributed by atoms with E-state index in [1.54, 1.807) is 4.68 Å². The van der Waals surface area contributed by atoms with Gasteiger partial charge in [-0.25, -0.2) is 9.26 Å². The predicted molar refractivity (Wildman–Crippen MR) is 124 cm³/mol. The standard InChI is InChI=1S/C26H26N3O.ClH/c1-19-24(26(30)29(28(19)4)23-13-9-6-10-14-23)25(20-11-7-5-8-12-20)21-15-17-22(18-16-21)27(2)3;/h5-18H,1-4H3;1H/q+1;/p-1. The van der Waals surface area contributed by atoms with Crippen LogP contribution in [0.4, 0.5) is 0 Å². The molecular formula is C26H26ClN3O. The highest BCUT2D eigenvalue weighted by Gasteiger charge is 2.23. The molecule has 31 heavy (non-hydrogen) atoms. The van der Waals surface area contributed by atoms with E-state index in [9.17, 15) is 4.79 Å². The molecule has 4 nitrogen and oxygen atoms in total. The molecule has 0 fully saturated rings. The predicted octanol–water partition coefficient (Wildman–Crippen LogP) is 1.13. The highest BCUT2D eigenvalue weighted by Crippen LogP contribution is 2.30. The van der Waals surface area contributed by atoms with Crippen molar-refractivity contribution in [2.24, 2.45) is 7.05 Å². The Hall–Kier alpha value is -3.37. The zero-order chi connectivity index (χ0) is 21.3. The van der Waals surface area contributed by atoms with Crippen LogP contribution in [-0.4, -0.2) is 33.7 Å². The smallest absolute Gasteiger partial charge is 0.279 e. The van der Waals surface area contributed by atoms with E-state index in [0.717, 1.165) is 39.4 Å². The Morgan fingerprint density at radius 2 is 1.39 bits per heavy atom. The van der Waals surface area contributed by atoms with Crippen LogP contribution in [0.15, 0.2) is 95.3 Å². The molecule has 5 heteroatoms. The lowest BCUT2D eigenvalue weighted by Gasteiger charge is -2.12. The van der Waals surface area contributed by atoms with Crippen LogP contribution < -0.4 is 18.0 Å². The number of halogens is 1. The highest BCUT2D eigenvalue weighted by atomic mass is 35.5. The lowest BCUT2D eigenvalue weighted by Crippen LogP contribution is -3.00. The second-order valence-corrected chi connectivity index (χ2v) is 7.62. The summed E-state index contributed by atoms with van der Waals surface area (Å²) in [4.78, 5) is 13.7. The van der Waals surface area contributed by atoms with E-state index in [2.05, 4.69) is 41.0 Å². The Kier molecular flexibility index (Phi) is 6.62. The van der Waals surface area contributed by atoms with E-state index in [0.29, 0.717) is 0 Å². The molecule has 0 bridgehead atoms. The molecule has 0 saturated carbocycles. The van der Waals surface area contributed by atoms with Gasteiger partial charge < -0.3 is 12.4 Å².